The molecule has 0 atom stereocenters. The van der Waals surface area contributed by atoms with E-state index in [1.807, 2.05) is 6.92 Å². The number of phenolic OH excluding ortho intramolecular Hbond substituents is 3. The molecule has 0 aliphatic heterocycles. The predicted octanol–water partition coefficient (Wildman–Crippen LogP) is 3.55. The lowest BCUT2D eigenvalue weighted by atomic mass is 10.1. The van der Waals surface area contributed by atoms with Gasteiger partial charge in [-0.1, -0.05) is 0 Å². The SMILES string of the molecule is C/C=C(\Oc1cc(O)cc(O)c1C)c1ccc(O)cc1. The Hall–Kier alpha value is -2.62. The van der Waals surface area contributed by atoms with Crippen LogP contribution >= 0.6 is 0 Å². The molecule has 0 fully saturated rings. The van der Waals surface area contributed by atoms with Gasteiger partial charge in [0.05, 0.1) is 0 Å². The quantitative estimate of drug-likeness (QED) is 0.747. The second-order valence-corrected chi connectivity index (χ2v) is 4.39. The van der Waals surface area contributed by atoms with Gasteiger partial charge in [-0.25, -0.2) is 0 Å². The first kappa shape index (κ1) is 13.8. The summed E-state index contributed by atoms with van der Waals surface area (Å²) in [5.41, 5.74) is 1.33. The maximum Gasteiger partial charge on any atom is 0.137 e. The van der Waals surface area contributed by atoms with E-state index >= 15 is 0 Å². The Morgan fingerprint density at radius 2 is 1.65 bits per heavy atom. The van der Waals surface area contributed by atoms with Crippen LogP contribution in [0.2, 0.25) is 0 Å². The second-order valence-electron chi connectivity index (χ2n) is 4.39. The van der Waals surface area contributed by atoms with Crippen LogP contribution in [0.5, 0.6) is 23.0 Å². The number of allylic oxidation sites excluding steroid dienone is 1. The fraction of sp³-hybridized carbons (Fsp3) is 0.125. The van der Waals surface area contributed by atoms with Crippen molar-refractivity contribution in [1.82, 2.24) is 0 Å². The molecule has 104 valence electrons. The van der Waals surface area contributed by atoms with Gasteiger partial charge in [-0.15, -0.1) is 0 Å². The van der Waals surface area contributed by atoms with Crippen molar-refractivity contribution in [2.75, 3.05) is 0 Å². The van der Waals surface area contributed by atoms with E-state index < -0.39 is 0 Å². The summed E-state index contributed by atoms with van der Waals surface area (Å²) in [6, 6.07) is 9.28. The Kier molecular flexibility index (Phi) is 3.84. The first-order valence-corrected chi connectivity index (χ1v) is 6.17. The smallest absolute Gasteiger partial charge is 0.137 e. The summed E-state index contributed by atoms with van der Waals surface area (Å²) in [4.78, 5) is 0. The molecule has 2 rings (SSSR count). The summed E-state index contributed by atoms with van der Waals surface area (Å²) >= 11 is 0. The third kappa shape index (κ3) is 2.85. The minimum Gasteiger partial charge on any atom is -0.508 e. The first-order valence-electron chi connectivity index (χ1n) is 6.17. The highest BCUT2D eigenvalue weighted by molar-refractivity contribution is 5.64. The van der Waals surface area contributed by atoms with Crippen molar-refractivity contribution >= 4 is 5.76 Å². The largest absolute Gasteiger partial charge is 0.508 e. The number of hydrogen-bond acceptors (Lipinski definition) is 4. The van der Waals surface area contributed by atoms with Gasteiger partial charge in [-0.2, -0.15) is 0 Å². The third-order valence-electron chi connectivity index (χ3n) is 2.95. The summed E-state index contributed by atoms with van der Waals surface area (Å²) < 4.78 is 5.74. The lowest BCUT2D eigenvalue weighted by Gasteiger charge is -2.13. The number of hydrogen-bond donors (Lipinski definition) is 3. The minimum absolute atomic E-state index is 0.0267. The summed E-state index contributed by atoms with van der Waals surface area (Å²) in [5.74, 6) is 1.03. The maximum atomic E-state index is 9.68. The van der Waals surface area contributed by atoms with Gasteiger partial charge in [-0.3, -0.25) is 0 Å². The zero-order valence-electron chi connectivity index (χ0n) is 11.3. The molecule has 4 nitrogen and oxygen atoms in total. The third-order valence-corrected chi connectivity index (χ3v) is 2.95. The van der Waals surface area contributed by atoms with E-state index in [9.17, 15) is 15.3 Å². The van der Waals surface area contributed by atoms with Gasteiger partial charge in [0.1, 0.15) is 28.8 Å². The predicted molar refractivity (Wildman–Crippen MR) is 76.9 cm³/mol. The van der Waals surface area contributed by atoms with Crippen LogP contribution in [-0.4, -0.2) is 15.3 Å². The average Bonchev–Trinajstić information content (AvgIpc) is 2.42. The number of phenols is 3. The molecule has 0 aromatic heterocycles. The molecule has 0 aliphatic carbocycles. The van der Waals surface area contributed by atoms with Crippen molar-refractivity contribution < 1.29 is 20.1 Å². The molecular weight excluding hydrogens is 256 g/mol. The topological polar surface area (TPSA) is 69.9 Å². The summed E-state index contributed by atoms with van der Waals surface area (Å²) in [7, 11) is 0. The van der Waals surface area contributed by atoms with Crippen LogP contribution < -0.4 is 4.74 Å². The molecule has 0 radical (unpaired) electrons. The van der Waals surface area contributed by atoms with E-state index in [1.54, 1.807) is 37.3 Å². The molecule has 0 spiro atoms. The monoisotopic (exact) mass is 272 g/mol. The Labute approximate surface area is 117 Å². The molecule has 20 heavy (non-hydrogen) atoms. The molecular formula is C16H16O4. The van der Waals surface area contributed by atoms with E-state index in [4.69, 9.17) is 4.74 Å². The highest BCUT2D eigenvalue weighted by Gasteiger charge is 2.10. The molecule has 0 saturated heterocycles. The highest BCUT2D eigenvalue weighted by Crippen LogP contribution is 2.34. The van der Waals surface area contributed by atoms with E-state index in [2.05, 4.69) is 0 Å². The van der Waals surface area contributed by atoms with Crippen molar-refractivity contribution in [3.8, 4) is 23.0 Å². The highest BCUT2D eigenvalue weighted by atomic mass is 16.5. The summed E-state index contributed by atoms with van der Waals surface area (Å²) in [5, 5.41) is 28.5. The van der Waals surface area contributed by atoms with E-state index in [1.165, 1.54) is 12.1 Å². The van der Waals surface area contributed by atoms with E-state index in [0.29, 0.717) is 17.1 Å². The van der Waals surface area contributed by atoms with Gasteiger partial charge in [0, 0.05) is 23.3 Å². The van der Waals surface area contributed by atoms with Crippen molar-refractivity contribution in [2.45, 2.75) is 13.8 Å². The molecule has 0 amide bonds. The van der Waals surface area contributed by atoms with Crippen LogP contribution in [-0.2, 0) is 0 Å². The van der Waals surface area contributed by atoms with Crippen LogP contribution in [0.15, 0.2) is 42.5 Å². The second kappa shape index (κ2) is 5.57. The lowest BCUT2D eigenvalue weighted by Crippen LogP contribution is -1.96. The number of ether oxygens (including phenoxy) is 1. The zero-order valence-corrected chi connectivity index (χ0v) is 11.3. The Morgan fingerprint density at radius 3 is 2.25 bits per heavy atom. The number of aromatic hydroxyl groups is 3. The average molecular weight is 272 g/mol. The van der Waals surface area contributed by atoms with Crippen LogP contribution in [0, 0.1) is 6.92 Å². The van der Waals surface area contributed by atoms with Crippen molar-refractivity contribution in [3.63, 3.8) is 0 Å². The molecule has 3 N–H and O–H groups in total. The van der Waals surface area contributed by atoms with Crippen LogP contribution in [0.3, 0.4) is 0 Å². The fourth-order valence-corrected chi connectivity index (χ4v) is 1.79. The summed E-state index contributed by atoms with van der Waals surface area (Å²) in [6.07, 6.45) is 1.77. The van der Waals surface area contributed by atoms with Gasteiger partial charge < -0.3 is 20.1 Å². The van der Waals surface area contributed by atoms with E-state index in [-0.39, 0.29) is 17.2 Å². The van der Waals surface area contributed by atoms with E-state index in [0.717, 1.165) is 5.56 Å². The Balaban J connectivity index is 2.34. The number of benzene rings is 2. The molecule has 4 heteroatoms. The molecule has 2 aromatic rings. The van der Waals surface area contributed by atoms with Gasteiger partial charge in [-0.05, 0) is 44.2 Å². The standard InChI is InChI=1S/C16H16O4/c1-3-15(11-4-6-12(17)7-5-11)20-16-9-13(18)8-14(19)10(16)2/h3-9,17-19H,1-2H3/b15-3-. The van der Waals surface area contributed by atoms with Gasteiger partial charge >= 0.3 is 0 Å². The van der Waals surface area contributed by atoms with Crippen LogP contribution in [0.25, 0.3) is 5.76 Å². The van der Waals surface area contributed by atoms with Crippen LogP contribution in [0.4, 0.5) is 0 Å². The normalized spacial score (nSPS) is 11.4. The Morgan fingerprint density at radius 1 is 1.00 bits per heavy atom. The van der Waals surface area contributed by atoms with Crippen molar-refractivity contribution in [1.29, 1.82) is 0 Å². The molecule has 0 saturated carbocycles. The molecule has 0 unspecified atom stereocenters. The fourth-order valence-electron chi connectivity index (χ4n) is 1.79. The van der Waals surface area contributed by atoms with Gasteiger partial charge in [0.15, 0.2) is 0 Å². The van der Waals surface area contributed by atoms with Gasteiger partial charge in [0.25, 0.3) is 0 Å². The lowest BCUT2D eigenvalue weighted by molar-refractivity contribution is 0.433. The summed E-state index contributed by atoms with van der Waals surface area (Å²) in [6.45, 7) is 3.52. The maximum absolute atomic E-state index is 9.68. The first-order chi connectivity index (χ1) is 9.51. The molecule has 0 bridgehead atoms. The molecule has 0 aliphatic rings. The van der Waals surface area contributed by atoms with Gasteiger partial charge in [0.2, 0.25) is 0 Å². The molecule has 0 heterocycles. The minimum atomic E-state index is -0.0655. The van der Waals surface area contributed by atoms with Crippen molar-refractivity contribution in [2.24, 2.45) is 0 Å². The zero-order chi connectivity index (χ0) is 14.7. The van der Waals surface area contributed by atoms with Crippen LogP contribution in [0.1, 0.15) is 18.1 Å². The molecule has 2 aromatic carbocycles. The van der Waals surface area contributed by atoms with Crippen molar-refractivity contribution in [3.05, 3.63) is 53.6 Å². The number of rotatable bonds is 3. The Bertz CT molecular complexity index is 642.